The summed E-state index contributed by atoms with van der Waals surface area (Å²) in [5.74, 6) is -0.0473. The van der Waals surface area contributed by atoms with Crippen LogP contribution >= 0.6 is 23.1 Å². The molecule has 0 saturated carbocycles. The summed E-state index contributed by atoms with van der Waals surface area (Å²) in [5.41, 5.74) is 3.74. The van der Waals surface area contributed by atoms with E-state index in [1.165, 1.54) is 0 Å². The lowest BCUT2D eigenvalue weighted by atomic mass is 10.1. The predicted molar refractivity (Wildman–Crippen MR) is 129 cm³/mol. The van der Waals surface area contributed by atoms with Gasteiger partial charge in [0.1, 0.15) is 0 Å². The van der Waals surface area contributed by atoms with Gasteiger partial charge in [0.25, 0.3) is 5.91 Å². The van der Waals surface area contributed by atoms with Gasteiger partial charge in [0.05, 0.1) is 16.8 Å². The van der Waals surface area contributed by atoms with E-state index in [9.17, 15) is 4.79 Å². The monoisotopic (exact) mass is 433 g/mol. The Bertz CT molecular complexity index is 1150. The van der Waals surface area contributed by atoms with Crippen LogP contribution in [0.2, 0.25) is 0 Å². The molecule has 6 heteroatoms. The van der Waals surface area contributed by atoms with Crippen molar-refractivity contribution in [2.45, 2.75) is 11.4 Å². The molecule has 4 rings (SSSR count). The zero-order valence-electron chi connectivity index (χ0n) is 17.2. The first kappa shape index (κ1) is 20.4. The van der Waals surface area contributed by atoms with Crippen molar-refractivity contribution in [3.05, 3.63) is 83.9 Å². The molecular formula is C24H23N3OS2. The third-order valence-electron chi connectivity index (χ3n) is 4.88. The number of para-hydroxylation sites is 1. The molecule has 0 fully saturated rings. The summed E-state index contributed by atoms with van der Waals surface area (Å²) in [7, 11) is 3.98. The molecule has 0 atom stereocenters. The summed E-state index contributed by atoms with van der Waals surface area (Å²) >= 11 is 3.23. The van der Waals surface area contributed by atoms with Crippen LogP contribution < -0.4 is 9.80 Å². The van der Waals surface area contributed by atoms with Gasteiger partial charge in [-0.25, -0.2) is 4.98 Å². The van der Waals surface area contributed by atoms with Crippen LogP contribution in [0.4, 0.5) is 10.8 Å². The van der Waals surface area contributed by atoms with E-state index in [1.807, 2.05) is 85.9 Å². The average molecular weight is 434 g/mol. The molecule has 3 aromatic carbocycles. The number of rotatable bonds is 6. The zero-order chi connectivity index (χ0) is 21.1. The third kappa shape index (κ3) is 4.20. The molecule has 4 nitrogen and oxygen atoms in total. The van der Waals surface area contributed by atoms with Gasteiger partial charge in [-0.2, -0.15) is 0 Å². The molecule has 1 heterocycles. The molecule has 0 bridgehead atoms. The van der Waals surface area contributed by atoms with E-state index < -0.39 is 0 Å². The van der Waals surface area contributed by atoms with Crippen molar-refractivity contribution < 1.29 is 4.79 Å². The van der Waals surface area contributed by atoms with Crippen molar-refractivity contribution in [3.8, 4) is 0 Å². The van der Waals surface area contributed by atoms with E-state index in [0.717, 1.165) is 31.5 Å². The number of carbonyl (C=O) groups excluding carboxylic acids is 1. The van der Waals surface area contributed by atoms with Crippen LogP contribution in [0.3, 0.4) is 0 Å². The highest BCUT2D eigenvalue weighted by Crippen LogP contribution is 2.35. The maximum absolute atomic E-state index is 13.5. The maximum atomic E-state index is 13.5. The van der Waals surface area contributed by atoms with Gasteiger partial charge in [-0.05, 0) is 48.2 Å². The van der Waals surface area contributed by atoms with E-state index in [0.29, 0.717) is 12.1 Å². The van der Waals surface area contributed by atoms with Crippen LogP contribution in [0.25, 0.3) is 10.2 Å². The maximum Gasteiger partial charge on any atom is 0.260 e. The minimum Gasteiger partial charge on any atom is -0.378 e. The number of carbonyl (C=O) groups is 1. The van der Waals surface area contributed by atoms with Crippen LogP contribution in [0.1, 0.15) is 15.9 Å². The SMILES string of the molecule is CSc1cccc2sc(N(Cc3ccccc3)C(=O)c3ccc(N(C)C)cc3)nc12. The molecule has 4 aromatic rings. The second kappa shape index (κ2) is 8.90. The zero-order valence-corrected chi connectivity index (χ0v) is 18.8. The van der Waals surface area contributed by atoms with E-state index in [2.05, 4.69) is 12.1 Å². The molecule has 0 aliphatic carbocycles. The van der Waals surface area contributed by atoms with Crippen molar-refractivity contribution in [2.75, 3.05) is 30.2 Å². The number of nitrogens with zero attached hydrogens (tertiary/aromatic N) is 3. The first-order chi connectivity index (χ1) is 14.6. The predicted octanol–water partition coefficient (Wildman–Crippen LogP) is 5.93. The topological polar surface area (TPSA) is 36.4 Å². The fourth-order valence-electron chi connectivity index (χ4n) is 3.24. The molecular weight excluding hydrogens is 410 g/mol. The molecule has 0 unspecified atom stereocenters. The minimum absolute atomic E-state index is 0.0473. The number of anilines is 2. The third-order valence-corrected chi connectivity index (χ3v) is 6.69. The fourth-order valence-corrected chi connectivity index (χ4v) is 4.86. The Balaban J connectivity index is 1.75. The van der Waals surface area contributed by atoms with Crippen molar-refractivity contribution >= 4 is 50.0 Å². The molecule has 1 aromatic heterocycles. The molecule has 152 valence electrons. The first-order valence-corrected chi connectivity index (χ1v) is 11.7. The summed E-state index contributed by atoms with van der Waals surface area (Å²) in [5, 5.41) is 0.719. The highest BCUT2D eigenvalue weighted by Gasteiger charge is 2.22. The van der Waals surface area contributed by atoms with Crippen LogP contribution in [-0.4, -0.2) is 31.2 Å². The summed E-state index contributed by atoms with van der Waals surface area (Å²) in [4.78, 5) is 23.3. The molecule has 0 saturated heterocycles. The highest BCUT2D eigenvalue weighted by molar-refractivity contribution is 7.98. The van der Waals surface area contributed by atoms with Crippen LogP contribution in [0.5, 0.6) is 0 Å². The van der Waals surface area contributed by atoms with Gasteiger partial charge in [-0.3, -0.25) is 9.69 Å². The fraction of sp³-hybridized carbons (Fsp3) is 0.167. The molecule has 0 aliphatic heterocycles. The number of hydrogen-bond acceptors (Lipinski definition) is 5. The summed E-state index contributed by atoms with van der Waals surface area (Å²) < 4.78 is 1.09. The van der Waals surface area contributed by atoms with Crippen molar-refractivity contribution in [3.63, 3.8) is 0 Å². The molecule has 30 heavy (non-hydrogen) atoms. The van der Waals surface area contributed by atoms with Crippen LogP contribution in [0.15, 0.2) is 77.7 Å². The number of amides is 1. The van der Waals surface area contributed by atoms with Gasteiger partial charge in [0.15, 0.2) is 5.13 Å². The van der Waals surface area contributed by atoms with Gasteiger partial charge < -0.3 is 4.90 Å². The second-order valence-electron chi connectivity index (χ2n) is 7.12. The Morgan fingerprint density at radius 3 is 2.37 bits per heavy atom. The first-order valence-electron chi connectivity index (χ1n) is 9.63. The molecule has 0 radical (unpaired) electrons. The quantitative estimate of drug-likeness (QED) is 0.353. The molecule has 0 N–H and O–H groups in total. The number of hydrogen-bond donors (Lipinski definition) is 0. The largest absolute Gasteiger partial charge is 0.378 e. The number of thiazole rings is 1. The van der Waals surface area contributed by atoms with Gasteiger partial charge in [0, 0.05) is 30.2 Å². The van der Waals surface area contributed by atoms with Crippen molar-refractivity contribution in [2.24, 2.45) is 0 Å². The van der Waals surface area contributed by atoms with E-state index >= 15 is 0 Å². The normalized spacial score (nSPS) is 10.9. The van der Waals surface area contributed by atoms with Gasteiger partial charge in [-0.15, -0.1) is 11.8 Å². The number of thioether (sulfide) groups is 1. The molecule has 0 aliphatic rings. The van der Waals surface area contributed by atoms with Crippen LogP contribution in [-0.2, 0) is 6.54 Å². The van der Waals surface area contributed by atoms with Crippen molar-refractivity contribution in [1.82, 2.24) is 4.98 Å². The van der Waals surface area contributed by atoms with Gasteiger partial charge >= 0.3 is 0 Å². The number of fused-ring (bicyclic) bond motifs is 1. The molecule has 0 spiro atoms. The summed E-state index contributed by atoms with van der Waals surface area (Å²) in [6.45, 7) is 0.476. The lowest BCUT2D eigenvalue weighted by Gasteiger charge is -2.21. The van der Waals surface area contributed by atoms with E-state index in [-0.39, 0.29) is 5.91 Å². The highest BCUT2D eigenvalue weighted by atomic mass is 32.2. The Labute approximate surface area is 185 Å². The minimum atomic E-state index is -0.0473. The Morgan fingerprint density at radius 2 is 1.70 bits per heavy atom. The van der Waals surface area contributed by atoms with E-state index in [1.54, 1.807) is 28.0 Å². The summed E-state index contributed by atoms with van der Waals surface area (Å²) in [6.07, 6.45) is 2.05. The van der Waals surface area contributed by atoms with Gasteiger partial charge in [0.2, 0.25) is 0 Å². The Kier molecular flexibility index (Phi) is 6.06. The smallest absolute Gasteiger partial charge is 0.260 e. The lowest BCUT2D eigenvalue weighted by Crippen LogP contribution is -2.30. The number of benzene rings is 3. The van der Waals surface area contributed by atoms with Gasteiger partial charge in [-0.1, -0.05) is 47.7 Å². The van der Waals surface area contributed by atoms with E-state index in [4.69, 9.17) is 4.98 Å². The average Bonchev–Trinajstić information content (AvgIpc) is 3.22. The second-order valence-corrected chi connectivity index (χ2v) is 8.98. The summed E-state index contributed by atoms with van der Waals surface area (Å²) in [6, 6.07) is 23.9. The number of aromatic nitrogens is 1. The molecule has 1 amide bonds. The standard InChI is InChI=1S/C24H23N3OS2/c1-26(2)19-14-12-18(13-15-19)23(28)27(16-17-8-5-4-6-9-17)24-25-22-20(29-3)10-7-11-21(22)30-24/h4-15H,16H2,1-3H3. The Morgan fingerprint density at radius 1 is 0.967 bits per heavy atom. The van der Waals surface area contributed by atoms with Crippen LogP contribution in [0, 0.1) is 0 Å². The van der Waals surface area contributed by atoms with Crippen molar-refractivity contribution in [1.29, 1.82) is 0 Å². The Hall–Kier alpha value is -2.83. The lowest BCUT2D eigenvalue weighted by molar-refractivity contribution is 0.0985.